The topological polar surface area (TPSA) is 80.3 Å². The number of methoxy groups -OCH3 is 2. The van der Waals surface area contributed by atoms with Gasteiger partial charge in [0.05, 0.1) is 19.1 Å². The number of hydrogen-bond acceptors (Lipinski definition) is 7. The summed E-state index contributed by atoms with van der Waals surface area (Å²) in [6.45, 7) is 2.33. The maximum atomic E-state index is 13.6. The van der Waals surface area contributed by atoms with E-state index in [1.807, 2.05) is 25.1 Å². The number of ether oxygens (including phenoxy) is 3. The molecule has 4 fully saturated rings. The zero-order chi connectivity index (χ0) is 20.2. The lowest BCUT2D eigenvalue weighted by molar-refractivity contribution is -0.277. The van der Waals surface area contributed by atoms with Gasteiger partial charge in [-0.2, -0.15) is 0 Å². The van der Waals surface area contributed by atoms with Crippen LogP contribution in [0.4, 0.5) is 5.69 Å². The van der Waals surface area contributed by atoms with E-state index in [1.54, 1.807) is 7.11 Å². The fraction of sp³-hybridized carbons (Fsp3) is 0.591. The van der Waals surface area contributed by atoms with Crippen molar-refractivity contribution in [3.63, 3.8) is 0 Å². The van der Waals surface area contributed by atoms with Crippen LogP contribution in [0.2, 0.25) is 0 Å². The minimum atomic E-state index is -1.16. The van der Waals surface area contributed by atoms with Gasteiger partial charge in [-0.05, 0) is 18.6 Å². The van der Waals surface area contributed by atoms with E-state index in [4.69, 9.17) is 14.2 Å². The number of aliphatic hydroxyl groups excluding tert-OH is 1. The number of para-hydroxylation sites is 1. The smallest absolute Gasteiger partial charge is 0.315 e. The van der Waals surface area contributed by atoms with Gasteiger partial charge in [-0.3, -0.25) is 4.79 Å². The van der Waals surface area contributed by atoms with Crippen molar-refractivity contribution in [1.29, 1.82) is 0 Å². The van der Waals surface area contributed by atoms with E-state index < -0.39 is 22.3 Å². The molecule has 1 saturated carbocycles. The number of fused-ring (bicyclic) bond motifs is 4. The van der Waals surface area contributed by atoms with Crippen molar-refractivity contribution in [3.05, 3.63) is 41.5 Å². The number of carbonyl (C=O) groups is 1. The van der Waals surface area contributed by atoms with Gasteiger partial charge < -0.3 is 24.6 Å². The summed E-state index contributed by atoms with van der Waals surface area (Å²) in [7, 11) is 3.14. The van der Waals surface area contributed by atoms with Crippen LogP contribution < -0.4 is 5.32 Å². The van der Waals surface area contributed by atoms with Gasteiger partial charge in [-0.25, -0.2) is 4.90 Å². The lowest BCUT2D eigenvalue weighted by Crippen LogP contribution is -2.84. The average molecular weight is 398 g/mol. The number of benzene rings is 1. The largest absolute Gasteiger partial charge is 0.468 e. The molecular weight excluding hydrogens is 372 g/mol. The Morgan fingerprint density at radius 1 is 1.38 bits per heavy atom. The fourth-order valence-electron chi connectivity index (χ4n) is 7.65. The molecule has 4 heterocycles. The van der Waals surface area contributed by atoms with Crippen LogP contribution in [0.25, 0.3) is 0 Å². The highest BCUT2D eigenvalue weighted by molar-refractivity contribution is 5.86. The monoisotopic (exact) mass is 398 g/mol. The highest BCUT2D eigenvalue weighted by atomic mass is 16.6. The van der Waals surface area contributed by atoms with Gasteiger partial charge in [-0.15, -0.1) is 0 Å². The number of allylic oxidation sites excluding steroid dienone is 1. The lowest BCUT2D eigenvalue weighted by atomic mass is 9.41. The van der Waals surface area contributed by atoms with Crippen LogP contribution in [0.15, 0.2) is 35.9 Å². The SMILES string of the molecule is CC=C1CN2C3CC45c6ccccc6NC4(O3)C2(OC)CC1C5(CO)C(=O)OC. The maximum Gasteiger partial charge on any atom is 0.315 e. The van der Waals surface area contributed by atoms with E-state index in [2.05, 4.69) is 22.4 Å². The Morgan fingerprint density at radius 2 is 2.17 bits per heavy atom. The standard InChI is InChI=1S/C22H26N2O5/c1-4-13-11-24-17-10-20-14-7-5-6-8-16(14)23-22(20,29-17)21(24,28-3)9-15(13)19(20,12-25)18(26)27-2/h4-8,15,17,23,25H,9-12H2,1-3H3. The van der Waals surface area contributed by atoms with Gasteiger partial charge in [0.15, 0.2) is 11.4 Å². The van der Waals surface area contributed by atoms with Crippen LogP contribution >= 0.6 is 0 Å². The van der Waals surface area contributed by atoms with E-state index in [1.165, 1.54) is 7.11 Å². The Balaban J connectivity index is 1.77. The zero-order valence-electron chi connectivity index (χ0n) is 16.9. The highest BCUT2D eigenvalue weighted by Gasteiger charge is 2.92. The number of piperidine rings is 2. The number of carbonyl (C=O) groups excluding carboxylic acids is 1. The van der Waals surface area contributed by atoms with Gasteiger partial charge in [-0.1, -0.05) is 29.8 Å². The molecule has 1 aromatic carbocycles. The van der Waals surface area contributed by atoms with Crippen molar-refractivity contribution in [2.75, 3.05) is 32.7 Å². The average Bonchev–Trinajstić information content (AvgIpc) is 3.34. The molecule has 5 aliphatic rings. The summed E-state index contributed by atoms with van der Waals surface area (Å²) in [5.41, 5.74) is -0.579. The molecule has 4 aliphatic heterocycles. The summed E-state index contributed by atoms with van der Waals surface area (Å²) in [6.07, 6.45) is 3.03. The third-order valence-corrected chi connectivity index (χ3v) is 8.60. The van der Waals surface area contributed by atoms with Gasteiger partial charge >= 0.3 is 5.97 Å². The molecule has 0 amide bonds. The lowest BCUT2D eigenvalue weighted by Gasteiger charge is -2.68. The molecule has 1 aromatic rings. The summed E-state index contributed by atoms with van der Waals surface area (Å²) in [5, 5.41) is 14.6. The van der Waals surface area contributed by atoms with E-state index in [0.29, 0.717) is 19.4 Å². The zero-order valence-corrected chi connectivity index (χ0v) is 16.9. The summed E-state index contributed by atoms with van der Waals surface area (Å²) in [6, 6.07) is 8.03. The molecular formula is C22H26N2O5. The van der Waals surface area contributed by atoms with E-state index >= 15 is 0 Å². The van der Waals surface area contributed by atoms with E-state index in [9.17, 15) is 9.90 Å². The molecule has 6 unspecified atom stereocenters. The highest BCUT2D eigenvalue weighted by Crippen LogP contribution is 2.79. The number of anilines is 1. The normalized spacial score (nSPS) is 47.2. The molecule has 3 saturated heterocycles. The van der Waals surface area contributed by atoms with Crippen LogP contribution in [0.3, 0.4) is 0 Å². The van der Waals surface area contributed by atoms with E-state index in [0.717, 1.165) is 16.8 Å². The first kappa shape index (κ1) is 17.9. The summed E-state index contributed by atoms with van der Waals surface area (Å²) in [5.74, 6) is -0.582. The van der Waals surface area contributed by atoms with Gasteiger partial charge in [0.1, 0.15) is 11.6 Å². The molecule has 7 heteroatoms. The van der Waals surface area contributed by atoms with Crippen LogP contribution in [0, 0.1) is 11.3 Å². The molecule has 7 nitrogen and oxygen atoms in total. The first-order valence-electron chi connectivity index (χ1n) is 10.2. The van der Waals surface area contributed by atoms with Crippen molar-refractivity contribution >= 4 is 11.7 Å². The molecule has 6 rings (SSSR count). The van der Waals surface area contributed by atoms with Crippen molar-refractivity contribution < 1.29 is 24.1 Å². The summed E-state index contributed by atoms with van der Waals surface area (Å²) < 4.78 is 18.4. The van der Waals surface area contributed by atoms with Crippen LogP contribution in [-0.2, 0) is 24.4 Å². The first-order chi connectivity index (χ1) is 14.0. The van der Waals surface area contributed by atoms with Crippen LogP contribution in [-0.4, -0.2) is 61.0 Å². The molecule has 0 radical (unpaired) electrons. The molecule has 1 spiro atoms. The number of nitrogens with zero attached hydrogens (tertiary/aromatic N) is 1. The molecule has 6 atom stereocenters. The summed E-state index contributed by atoms with van der Waals surface area (Å²) >= 11 is 0. The Kier molecular flexibility index (Phi) is 3.21. The third kappa shape index (κ3) is 1.45. The van der Waals surface area contributed by atoms with Gasteiger partial charge in [0.25, 0.3) is 0 Å². The predicted molar refractivity (Wildman–Crippen MR) is 104 cm³/mol. The second kappa shape index (κ2) is 5.21. The number of aliphatic hydroxyl groups is 1. The minimum absolute atomic E-state index is 0.204. The van der Waals surface area contributed by atoms with Gasteiger partial charge in [0.2, 0.25) is 0 Å². The minimum Gasteiger partial charge on any atom is -0.468 e. The number of rotatable bonds is 3. The Labute approximate surface area is 169 Å². The number of nitrogens with one attached hydrogen (secondary N) is 1. The quantitative estimate of drug-likeness (QED) is 0.591. The van der Waals surface area contributed by atoms with Crippen molar-refractivity contribution in [3.8, 4) is 0 Å². The molecule has 154 valence electrons. The number of hydrogen-bond donors (Lipinski definition) is 2. The predicted octanol–water partition coefficient (Wildman–Crippen LogP) is 1.58. The Bertz CT molecular complexity index is 964. The maximum absolute atomic E-state index is 13.6. The molecule has 0 aromatic heterocycles. The molecule has 4 bridgehead atoms. The Morgan fingerprint density at radius 3 is 2.86 bits per heavy atom. The number of esters is 1. The fourth-order valence-corrected chi connectivity index (χ4v) is 7.65. The van der Waals surface area contributed by atoms with Crippen molar-refractivity contribution in [2.45, 2.75) is 42.9 Å². The molecule has 2 N–H and O–H groups in total. The molecule has 1 aliphatic carbocycles. The molecule has 29 heavy (non-hydrogen) atoms. The van der Waals surface area contributed by atoms with Crippen LogP contribution in [0.5, 0.6) is 0 Å². The van der Waals surface area contributed by atoms with Crippen LogP contribution in [0.1, 0.15) is 25.3 Å². The third-order valence-electron chi connectivity index (χ3n) is 8.60. The Hall–Kier alpha value is -1.93. The van der Waals surface area contributed by atoms with Crippen molar-refractivity contribution in [1.82, 2.24) is 4.90 Å². The van der Waals surface area contributed by atoms with E-state index in [-0.39, 0.29) is 24.7 Å². The second-order valence-corrected chi connectivity index (χ2v) is 8.89. The first-order valence-corrected chi connectivity index (χ1v) is 10.2. The van der Waals surface area contributed by atoms with Gasteiger partial charge in [0, 0.05) is 38.1 Å². The second-order valence-electron chi connectivity index (χ2n) is 8.89. The van der Waals surface area contributed by atoms with Crippen molar-refractivity contribution in [2.24, 2.45) is 11.3 Å². The summed E-state index contributed by atoms with van der Waals surface area (Å²) in [4.78, 5) is 15.9.